The highest BCUT2D eigenvalue weighted by atomic mass is 32.2. The van der Waals surface area contributed by atoms with Crippen LogP contribution >= 0.6 is 0 Å². The van der Waals surface area contributed by atoms with E-state index in [1.165, 1.54) is 4.31 Å². The summed E-state index contributed by atoms with van der Waals surface area (Å²) in [6, 6.07) is 20.7. The minimum absolute atomic E-state index is 0.377. The van der Waals surface area contributed by atoms with E-state index in [1.807, 2.05) is 54.6 Å². The molecule has 0 saturated carbocycles. The first-order valence-electron chi connectivity index (χ1n) is 7.26. The molecular formula is C18H15NO2S. The number of fused-ring (bicyclic) bond motifs is 2. The third-order valence-electron chi connectivity index (χ3n) is 4.16. The molecule has 0 amide bonds. The molecule has 3 aromatic carbocycles. The van der Waals surface area contributed by atoms with Crippen molar-refractivity contribution in [3.05, 3.63) is 72.3 Å². The topological polar surface area (TPSA) is 37.4 Å². The molecule has 0 bridgehead atoms. The first kappa shape index (κ1) is 13.3. The number of anilines is 1. The van der Waals surface area contributed by atoms with Crippen molar-refractivity contribution in [2.75, 3.05) is 10.8 Å². The average molecular weight is 309 g/mol. The first-order valence-corrected chi connectivity index (χ1v) is 8.70. The average Bonchev–Trinajstić information content (AvgIpc) is 2.99. The maximum absolute atomic E-state index is 13.1. The summed E-state index contributed by atoms with van der Waals surface area (Å²) in [5.74, 6) is 0. The van der Waals surface area contributed by atoms with Crippen LogP contribution in [-0.4, -0.2) is 15.0 Å². The van der Waals surface area contributed by atoms with Crippen molar-refractivity contribution in [3.8, 4) is 0 Å². The molecule has 22 heavy (non-hydrogen) atoms. The number of hydrogen-bond donors (Lipinski definition) is 0. The molecule has 0 aliphatic carbocycles. The van der Waals surface area contributed by atoms with Crippen LogP contribution in [0, 0.1) is 0 Å². The van der Waals surface area contributed by atoms with E-state index in [0.717, 1.165) is 28.4 Å². The molecular weight excluding hydrogens is 294 g/mol. The quantitative estimate of drug-likeness (QED) is 0.725. The van der Waals surface area contributed by atoms with Gasteiger partial charge < -0.3 is 0 Å². The van der Waals surface area contributed by atoms with Crippen molar-refractivity contribution in [3.63, 3.8) is 0 Å². The molecule has 0 saturated heterocycles. The van der Waals surface area contributed by atoms with Gasteiger partial charge in [-0.2, -0.15) is 0 Å². The third-order valence-corrected chi connectivity index (χ3v) is 6.03. The van der Waals surface area contributed by atoms with Crippen LogP contribution in [0.25, 0.3) is 10.8 Å². The summed E-state index contributed by atoms with van der Waals surface area (Å²) < 4.78 is 27.8. The Hall–Kier alpha value is -2.33. The Morgan fingerprint density at radius 1 is 0.818 bits per heavy atom. The molecule has 0 atom stereocenters. The maximum Gasteiger partial charge on any atom is 0.264 e. The summed E-state index contributed by atoms with van der Waals surface area (Å²) in [5, 5.41) is 1.71. The molecule has 1 aliphatic heterocycles. The van der Waals surface area contributed by atoms with E-state index in [4.69, 9.17) is 0 Å². The van der Waals surface area contributed by atoms with Crippen LogP contribution in [0.2, 0.25) is 0 Å². The number of nitrogens with zero attached hydrogens (tertiary/aromatic N) is 1. The standard InChI is InChI=1S/C18H15NO2S/c20-22(21,19-13-12-15-7-2-4-10-17(15)19)18-11-5-8-14-6-1-3-9-16(14)18/h1-11H,12-13H2. The Morgan fingerprint density at radius 2 is 1.55 bits per heavy atom. The highest BCUT2D eigenvalue weighted by Crippen LogP contribution is 2.34. The fourth-order valence-electron chi connectivity index (χ4n) is 3.10. The predicted molar refractivity (Wildman–Crippen MR) is 88.6 cm³/mol. The van der Waals surface area contributed by atoms with Crippen LogP contribution in [0.1, 0.15) is 5.56 Å². The zero-order valence-electron chi connectivity index (χ0n) is 11.9. The molecule has 110 valence electrons. The van der Waals surface area contributed by atoms with Crippen molar-refractivity contribution >= 4 is 26.5 Å². The number of para-hydroxylation sites is 1. The van der Waals surface area contributed by atoms with Gasteiger partial charge in [0.1, 0.15) is 0 Å². The SMILES string of the molecule is O=S(=O)(c1cccc2ccccc12)N1CCc2ccccc21. The zero-order valence-corrected chi connectivity index (χ0v) is 12.8. The Morgan fingerprint density at radius 3 is 2.45 bits per heavy atom. The molecule has 0 radical (unpaired) electrons. The van der Waals surface area contributed by atoms with Gasteiger partial charge in [0.2, 0.25) is 0 Å². The minimum Gasteiger partial charge on any atom is -0.266 e. The summed E-state index contributed by atoms with van der Waals surface area (Å²) in [6.45, 7) is 0.505. The van der Waals surface area contributed by atoms with E-state index in [1.54, 1.807) is 12.1 Å². The van der Waals surface area contributed by atoms with Crippen LogP contribution in [0.5, 0.6) is 0 Å². The lowest BCUT2D eigenvalue weighted by atomic mass is 10.1. The Bertz CT molecular complexity index is 958. The van der Waals surface area contributed by atoms with Crippen LogP contribution < -0.4 is 4.31 Å². The van der Waals surface area contributed by atoms with E-state index < -0.39 is 10.0 Å². The fraction of sp³-hybridized carbons (Fsp3) is 0.111. The summed E-state index contributed by atoms with van der Waals surface area (Å²) in [6.07, 6.45) is 0.764. The predicted octanol–water partition coefficient (Wildman–Crippen LogP) is 3.59. The van der Waals surface area contributed by atoms with Gasteiger partial charge in [-0.3, -0.25) is 4.31 Å². The van der Waals surface area contributed by atoms with Crippen LogP contribution in [0.4, 0.5) is 5.69 Å². The number of rotatable bonds is 2. The van der Waals surface area contributed by atoms with Gasteiger partial charge in [0, 0.05) is 11.9 Å². The lowest BCUT2D eigenvalue weighted by Gasteiger charge is -2.20. The molecule has 0 fully saturated rings. The van der Waals surface area contributed by atoms with Crippen LogP contribution in [-0.2, 0) is 16.4 Å². The molecule has 0 unspecified atom stereocenters. The number of hydrogen-bond acceptors (Lipinski definition) is 2. The van der Waals surface area contributed by atoms with Crippen molar-refractivity contribution < 1.29 is 8.42 Å². The smallest absolute Gasteiger partial charge is 0.264 e. The van der Waals surface area contributed by atoms with Gasteiger partial charge in [0.25, 0.3) is 10.0 Å². The van der Waals surface area contributed by atoms with Gasteiger partial charge >= 0.3 is 0 Å². The monoisotopic (exact) mass is 309 g/mol. The molecule has 0 aromatic heterocycles. The Balaban J connectivity index is 1.92. The molecule has 1 aliphatic rings. The number of benzene rings is 3. The summed E-state index contributed by atoms with van der Waals surface area (Å²) in [5.41, 5.74) is 1.89. The Labute approximate surface area is 129 Å². The van der Waals surface area contributed by atoms with Crippen molar-refractivity contribution in [1.29, 1.82) is 0 Å². The van der Waals surface area contributed by atoms with Gasteiger partial charge in [0.05, 0.1) is 10.6 Å². The van der Waals surface area contributed by atoms with Gasteiger partial charge in [-0.15, -0.1) is 0 Å². The second-order valence-corrected chi connectivity index (χ2v) is 7.26. The van der Waals surface area contributed by atoms with Gasteiger partial charge in [0.15, 0.2) is 0 Å². The lowest BCUT2D eigenvalue weighted by molar-refractivity contribution is 0.593. The van der Waals surface area contributed by atoms with Crippen molar-refractivity contribution in [1.82, 2.24) is 0 Å². The van der Waals surface area contributed by atoms with E-state index >= 15 is 0 Å². The summed E-state index contributed by atoms with van der Waals surface area (Å²) >= 11 is 0. The van der Waals surface area contributed by atoms with Crippen LogP contribution in [0.3, 0.4) is 0 Å². The number of sulfonamides is 1. The largest absolute Gasteiger partial charge is 0.266 e. The summed E-state index contributed by atoms with van der Waals surface area (Å²) in [7, 11) is -3.55. The maximum atomic E-state index is 13.1. The molecule has 4 rings (SSSR count). The minimum atomic E-state index is -3.55. The van der Waals surface area contributed by atoms with Gasteiger partial charge in [-0.05, 0) is 29.5 Å². The third kappa shape index (κ3) is 1.91. The highest BCUT2D eigenvalue weighted by Gasteiger charge is 2.31. The Kier molecular flexibility index (Phi) is 2.94. The van der Waals surface area contributed by atoms with E-state index in [2.05, 4.69) is 0 Å². The van der Waals surface area contributed by atoms with Crippen molar-refractivity contribution in [2.45, 2.75) is 11.3 Å². The fourth-order valence-corrected chi connectivity index (χ4v) is 4.82. The summed E-state index contributed by atoms with van der Waals surface area (Å²) in [4.78, 5) is 0.377. The van der Waals surface area contributed by atoms with Gasteiger partial charge in [-0.1, -0.05) is 54.6 Å². The zero-order chi connectivity index (χ0) is 15.2. The van der Waals surface area contributed by atoms with Gasteiger partial charge in [-0.25, -0.2) is 8.42 Å². The second kappa shape index (κ2) is 4.85. The van der Waals surface area contributed by atoms with E-state index in [9.17, 15) is 8.42 Å². The molecule has 0 spiro atoms. The van der Waals surface area contributed by atoms with Crippen LogP contribution in [0.15, 0.2) is 71.6 Å². The molecule has 1 heterocycles. The molecule has 4 heteroatoms. The molecule has 0 N–H and O–H groups in total. The van der Waals surface area contributed by atoms with E-state index in [0.29, 0.717) is 11.4 Å². The second-order valence-electron chi connectivity index (χ2n) is 5.43. The normalized spacial score (nSPS) is 14.3. The lowest BCUT2D eigenvalue weighted by Crippen LogP contribution is -2.29. The first-order chi connectivity index (χ1) is 10.7. The van der Waals surface area contributed by atoms with E-state index in [-0.39, 0.29) is 0 Å². The molecule has 3 aromatic rings. The highest BCUT2D eigenvalue weighted by molar-refractivity contribution is 7.93. The van der Waals surface area contributed by atoms with Crippen molar-refractivity contribution in [2.24, 2.45) is 0 Å². The molecule has 3 nitrogen and oxygen atoms in total.